The summed E-state index contributed by atoms with van der Waals surface area (Å²) in [5.74, 6) is 1.12. The molecule has 0 radical (unpaired) electrons. The largest absolute Gasteiger partial charge is 0.453 e. The molecule has 200 valence electrons. The molecule has 2 aromatic heterocycles. The zero-order valence-electron chi connectivity index (χ0n) is 21.5. The van der Waals surface area contributed by atoms with Crippen molar-refractivity contribution in [1.29, 1.82) is 0 Å². The van der Waals surface area contributed by atoms with Gasteiger partial charge in [-0.15, -0.1) is 0 Å². The van der Waals surface area contributed by atoms with Gasteiger partial charge in [0.25, 0.3) is 0 Å². The molecule has 1 spiro atoms. The third-order valence-corrected chi connectivity index (χ3v) is 8.23. The SMILES string of the molecule is COC(=O)Nc1ccc(-c2nc(N3CC4CCC(C3)O4)c3cnn(C4CCC5(CC4)OCCO5)c3n2)cc1. The fraction of sp³-hybridized carbons (Fsp3) is 0.556. The van der Waals surface area contributed by atoms with E-state index in [-0.39, 0.29) is 18.2 Å². The number of ether oxygens (including phenoxy) is 4. The summed E-state index contributed by atoms with van der Waals surface area (Å²) >= 11 is 0. The number of amides is 1. The maximum atomic E-state index is 11.6. The molecule has 3 aliphatic heterocycles. The number of hydrogen-bond donors (Lipinski definition) is 1. The molecule has 4 fully saturated rings. The fourth-order valence-electron chi connectivity index (χ4n) is 6.28. The Bertz CT molecular complexity index is 1320. The predicted octanol–water partition coefficient (Wildman–Crippen LogP) is 3.90. The summed E-state index contributed by atoms with van der Waals surface area (Å²) in [6.45, 7) is 2.97. The van der Waals surface area contributed by atoms with Crippen molar-refractivity contribution in [2.24, 2.45) is 0 Å². The number of carbonyl (C=O) groups excluding carboxylic acids is 1. The van der Waals surface area contributed by atoms with Gasteiger partial charge >= 0.3 is 6.09 Å². The van der Waals surface area contributed by atoms with E-state index in [1.165, 1.54) is 7.11 Å². The van der Waals surface area contributed by atoms with E-state index in [9.17, 15) is 4.79 Å². The Morgan fingerprint density at radius 2 is 1.74 bits per heavy atom. The smallest absolute Gasteiger partial charge is 0.411 e. The minimum atomic E-state index is -0.508. The molecule has 1 amide bonds. The molecule has 1 aromatic carbocycles. The predicted molar refractivity (Wildman–Crippen MR) is 139 cm³/mol. The van der Waals surface area contributed by atoms with E-state index in [4.69, 9.17) is 34.0 Å². The van der Waals surface area contributed by atoms with Crippen molar-refractivity contribution in [1.82, 2.24) is 19.7 Å². The second-order valence-electron chi connectivity index (χ2n) is 10.6. The molecule has 1 aliphatic carbocycles. The van der Waals surface area contributed by atoms with Crippen LogP contribution in [0.3, 0.4) is 0 Å². The van der Waals surface area contributed by atoms with Crippen LogP contribution < -0.4 is 10.2 Å². The van der Waals surface area contributed by atoms with Crippen LogP contribution in [0.1, 0.15) is 44.6 Å². The first-order chi connectivity index (χ1) is 18.6. The summed E-state index contributed by atoms with van der Waals surface area (Å²) in [7, 11) is 1.34. The summed E-state index contributed by atoms with van der Waals surface area (Å²) in [5, 5.41) is 8.50. The van der Waals surface area contributed by atoms with Crippen molar-refractivity contribution in [2.45, 2.75) is 62.6 Å². The minimum absolute atomic E-state index is 0.217. The minimum Gasteiger partial charge on any atom is -0.453 e. The number of aromatic nitrogens is 4. The lowest BCUT2D eigenvalue weighted by molar-refractivity contribution is -0.181. The molecule has 38 heavy (non-hydrogen) atoms. The highest BCUT2D eigenvalue weighted by molar-refractivity contribution is 5.89. The molecular weight excluding hydrogens is 488 g/mol. The number of methoxy groups -OCH3 is 1. The fourth-order valence-corrected chi connectivity index (χ4v) is 6.28. The number of rotatable bonds is 4. The molecule has 1 N–H and O–H groups in total. The molecule has 11 heteroatoms. The zero-order chi connectivity index (χ0) is 25.7. The lowest BCUT2D eigenvalue weighted by atomic mass is 9.90. The molecule has 11 nitrogen and oxygen atoms in total. The number of hydrogen-bond acceptors (Lipinski definition) is 9. The number of benzene rings is 1. The topological polar surface area (TPSA) is 113 Å². The standard InChI is InChI=1S/C27H32N6O5/c1-35-26(34)29-18-4-2-17(3-5-18)23-30-24(32-15-20-6-7-21(16-32)38-20)22-14-28-33(25(22)31-23)19-8-10-27(11-9-19)36-12-13-37-27/h2-5,14,19-21H,6-13,15-16H2,1H3,(H,29,34). The van der Waals surface area contributed by atoms with Crippen molar-refractivity contribution < 1.29 is 23.7 Å². The Morgan fingerprint density at radius 3 is 2.42 bits per heavy atom. The molecule has 3 saturated heterocycles. The molecule has 5 heterocycles. The number of nitrogens with one attached hydrogen (secondary N) is 1. The van der Waals surface area contributed by atoms with Crippen LogP contribution in [0.2, 0.25) is 0 Å². The summed E-state index contributed by atoms with van der Waals surface area (Å²) in [5.41, 5.74) is 2.35. The van der Waals surface area contributed by atoms with E-state index in [0.717, 1.165) is 74.0 Å². The monoisotopic (exact) mass is 520 g/mol. The molecule has 2 unspecified atom stereocenters. The molecule has 1 saturated carbocycles. The molecule has 4 aliphatic rings. The van der Waals surface area contributed by atoms with Gasteiger partial charge in [0.05, 0.1) is 50.2 Å². The van der Waals surface area contributed by atoms with E-state index in [2.05, 4.69) is 14.9 Å². The van der Waals surface area contributed by atoms with Crippen molar-refractivity contribution >= 4 is 28.6 Å². The third kappa shape index (κ3) is 4.28. The van der Waals surface area contributed by atoms with Gasteiger partial charge in [-0.25, -0.2) is 19.4 Å². The van der Waals surface area contributed by atoms with E-state index in [1.54, 1.807) is 0 Å². The van der Waals surface area contributed by atoms with Gasteiger partial charge in [0.2, 0.25) is 0 Å². The van der Waals surface area contributed by atoms with Gasteiger partial charge in [-0.3, -0.25) is 5.32 Å². The Hall–Kier alpha value is -3.28. The number of carbonyl (C=O) groups is 1. The average molecular weight is 521 g/mol. The Kier molecular flexibility index (Phi) is 5.94. The first kappa shape index (κ1) is 23.8. The summed E-state index contributed by atoms with van der Waals surface area (Å²) in [6.07, 6.45) is 7.60. The maximum absolute atomic E-state index is 11.6. The van der Waals surface area contributed by atoms with Crippen molar-refractivity contribution in [3.63, 3.8) is 0 Å². The molecule has 2 bridgehead atoms. The van der Waals surface area contributed by atoms with Gasteiger partial charge in [-0.1, -0.05) is 0 Å². The lowest BCUT2D eigenvalue weighted by Gasteiger charge is -2.35. The van der Waals surface area contributed by atoms with Crippen LogP contribution in [0, 0.1) is 0 Å². The highest BCUT2D eigenvalue weighted by Crippen LogP contribution is 2.42. The van der Waals surface area contributed by atoms with Crippen molar-refractivity contribution in [2.75, 3.05) is 43.6 Å². The number of fused-ring (bicyclic) bond motifs is 3. The first-order valence-corrected chi connectivity index (χ1v) is 13.5. The van der Waals surface area contributed by atoms with E-state index >= 15 is 0 Å². The second kappa shape index (κ2) is 9.48. The second-order valence-corrected chi connectivity index (χ2v) is 10.6. The van der Waals surface area contributed by atoms with Gasteiger partial charge in [0.1, 0.15) is 5.82 Å². The summed E-state index contributed by atoms with van der Waals surface area (Å²) in [4.78, 5) is 24.1. The molecule has 3 aromatic rings. The quantitative estimate of drug-likeness (QED) is 0.547. The highest BCUT2D eigenvalue weighted by atomic mass is 16.7. The van der Waals surface area contributed by atoms with E-state index in [0.29, 0.717) is 24.7 Å². The van der Waals surface area contributed by atoms with Crippen LogP contribution in [0.25, 0.3) is 22.4 Å². The lowest BCUT2D eigenvalue weighted by Crippen LogP contribution is -2.43. The normalized spacial score (nSPS) is 24.8. The summed E-state index contributed by atoms with van der Waals surface area (Å²) in [6, 6.07) is 7.70. The van der Waals surface area contributed by atoms with Crippen LogP contribution >= 0.6 is 0 Å². The number of nitrogens with zero attached hydrogens (tertiary/aromatic N) is 5. The Morgan fingerprint density at radius 1 is 1.03 bits per heavy atom. The van der Waals surface area contributed by atoms with Gasteiger partial charge in [-0.2, -0.15) is 5.10 Å². The van der Waals surface area contributed by atoms with Crippen molar-refractivity contribution in [3.05, 3.63) is 30.5 Å². The summed E-state index contributed by atoms with van der Waals surface area (Å²) < 4.78 is 24.8. The maximum Gasteiger partial charge on any atom is 0.411 e. The van der Waals surface area contributed by atoms with Crippen molar-refractivity contribution in [3.8, 4) is 11.4 Å². The third-order valence-electron chi connectivity index (χ3n) is 8.23. The van der Waals surface area contributed by atoms with Crippen LogP contribution in [-0.4, -0.2) is 77.2 Å². The van der Waals surface area contributed by atoms with Gasteiger partial charge in [0, 0.05) is 37.2 Å². The van der Waals surface area contributed by atoms with Crippen LogP contribution in [-0.2, 0) is 18.9 Å². The highest BCUT2D eigenvalue weighted by Gasteiger charge is 2.41. The van der Waals surface area contributed by atoms with E-state index in [1.807, 2.05) is 30.5 Å². The van der Waals surface area contributed by atoms with Gasteiger partial charge < -0.3 is 23.8 Å². The van der Waals surface area contributed by atoms with Gasteiger partial charge in [0.15, 0.2) is 17.3 Å². The molecule has 2 atom stereocenters. The average Bonchev–Trinajstić information content (AvgIpc) is 3.68. The Balaban J connectivity index is 1.25. The zero-order valence-corrected chi connectivity index (χ0v) is 21.5. The van der Waals surface area contributed by atoms with Crippen LogP contribution in [0.15, 0.2) is 30.5 Å². The number of anilines is 2. The number of morpholine rings is 1. The van der Waals surface area contributed by atoms with Crippen LogP contribution in [0.4, 0.5) is 16.3 Å². The molecule has 7 rings (SSSR count). The van der Waals surface area contributed by atoms with Gasteiger partial charge in [-0.05, 0) is 49.9 Å². The Labute approximate surface area is 220 Å². The van der Waals surface area contributed by atoms with E-state index < -0.39 is 11.9 Å². The molecular formula is C27H32N6O5. The first-order valence-electron chi connectivity index (χ1n) is 13.5. The van der Waals surface area contributed by atoms with Crippen LogP contribution in [0.5, 0.6) is 0 Å².